The van der Waals surface area contributed by atoms with Crippen LogP contribution in [-0.4, -0.2) is 98.7 Å². The zero-order chi connectivity index (χ0) is 34.7. The van der Waals surface area contributed by atoms with Crippen molar-refractivity contribution in [2.75, 3.05) is 13.2 Å². The highest BCUT2D eigenvalue weighted by molar-refractivity contribution is 5.80. The molecular weight excluding hydrogens is 602 g/mol. The van der Waals surface area contributed by atoms with Crippen LogP contribution in [0, 0.1) is 0 Å². The van der Waals surface area contributed by atoms with Crippen molar-refractivity contribution < 1.29 is 44.9 Å². The predicted octanol–water partition coefficient (Wildman–Crippen LogP) is 5.41. The van der Waals surface area contributed by atoms with Gasteiger partial charge in [-0.25, -0.2) is 0 Å². The van der Waals surface area contributed by atoms with Crippen molar-refractivity contribution in [2.45, 2.75) is 217 Å². The largest absolute Gasteiger partial charge is 0.394 e. The zero-order valence-corrected chi connectivity index (χ0v) is 29.9. The van der Waals surface area contributed by atoms with Crippen molar-refractivity contribution in [1.82, 2.24) is 5.32 Å². The van der Waals surface area contributed by atoms with Crippen LogP contribution < -0.4 is 5.32 Å². The van der Waals surface area contributed by atoms with E-state index in [2.05, 4.69) is 19.2 Å². The predicted molar refractivity (Wildman–Crippen MR) is 186 cm³/mol. The van der Waals surface area contributed by atoms with Crippen LogP contribution in [0.4, 0.5) is 0 Å². The van der Waals surface area contributed by atoms with E-state index in [9.17, 15) is 35.4 Å². The Labute approximate surface area is 286 Å². The molecule has 0 saturated carbocycles. The Bertz CT molecular complexity index is 728. The van der Waals surface area contributed by atoms with Crippen LogP contribution in [0.3, 0.4) is 0 Å². The molecule has 0 aliphatic carbocycles. The maximum absolute atomic E-state index is 12.9. The summed E-state index contributed by atoms with van der Waals surface area (Å²) in [7, 11) is 0. The van der Waals surface area contributed by atoms with Gasteiger partial charge in [-0.15, -0.1) is 0 Å². The smallest absolute Gasteiger partial charge is 0.249 e. The van der Waals surface area contributed by atoms with Crippen molar-refractivity contribution in [3.05, 3.63) is 0 Å². The topological polar surface area (TPSA) is 169 Å². The Kier molecular flexibility index (Phi) is 27.2. The second-order valence-electron chi connectivity index (χ2n) is 13.9. The fraction of sp³-hybridized carbons (Fsp3) is 0.973. The molecule has 10 nitrogen and oxygen atoms in total. The average molecular weight is 676 g/mol. The second kappa shape index (κ2) is 28.9. The Morgan fingerprint density at radius 3 is 1.51 bits per heavy atom. The Hall–Kier alpha value is -0.850. The van der Waals surface area contributed by atoms with Crippen molar-refractivity contribution in [2.24, 2.45) is 0 Å². The fourth-order valence-corrected chi connectivity index (χ4v) is 6.28. The number of unbranched alkanes of at least 4 members (excludes halogenated alkanes) is 20. The summed E-state index contributed by atoms with van der Waals surface area (Å²) in [6.07, 6.45) is 17.3. The summed E-state index contributed by atoms with van der Waals surface area (Å²) in [6, 6.07) is -0.884. The number of hydrogen-bond donors (Lipinski definition) is 7. The summed E-state index contributed by atoms with van der Waals surface area (Å²) in [4.78, 5) is 12.9. The molecule has 1 heterocycles. The van der Waals surface area contributed by atoms with E-state index in [1.165, 1.54) is 89.9 Å². The van der Waals surface area contributed by atoms with Crippen LogP contribution in [0.2, 0.25) is 0 Å². The van der Waals surface area contributed by atoms with E-state index >= 15 is 0 Å². The molecule has 0 bridgehead atoms. The van der Waals surface area contributed by atoms with Gasteiger partial charge >= 0.3 is 0 Å². The highest BCUT2D eigenvalue weighted by Crippen LogP contribution is 2.23. The van der Waals surface area contributed by atoms with Gasteiger partial charge in [0.2, 0.25) is 5.91 Å². The monoisotopic (exact) mass is 676 g/mol. The van der Waals surface area contributed by atoms with Crippen molar-refractivity contribution in [3.63, 3.8) is 0 Å². The number of amides is 1. The van der Waals surface area contributed by atoms with E-state index in [1.54, 1.807) is 0 Å². The molecule has 7 N–H and O–H groups in total. The van der Waals surface area contributed by atoms with Gasteiger partial charge in [0.05, 0.1) is 25.4 Å². The molecule has 47 heavy (non-hydrogen) atoms. The third-order valence-electron chi connectivity index (χ3n) is 9.57. The summed E-state index contributed by atoms with van der Waals surface area (Å²) in [5.74, 6) is -0.587. The lowest BCUT2D eigenvalue weighted by molar-refractivity contribution is -0.302. The normalized spacial score (nSPS) is 23.4. The van der Waals surface area contributed by atoms with Crippen molar-refractivity contribution in [3.8, 4) is 0 Å². The van der Waals surface area contributed by atoms with Gasteiger partial charge in [-0.3, -0.25) is 4.79 Å². The lowest BCUT2D eigenvalue weighted by Gasteiger charge is -2.40. The minimum absolute atomic E-state index is 0.251. The first-order chi connectivity index (χ1) is 22.8. The van der Waals surface area contributed by atoms with Gasteiger partial charge < -0.3 is 45.4 Å². The quantitative estimate of drug-likeness (QED) is 0.0475. The molecule has 0 spiro atoms. The van der Waals surface area contributed by atoms with Gasteiger partial charge in [0.25, 0.3) is 0 Å². The molecule has 1 fully saturated rings. The Morgan fingerprint density at radius 2 is 1.06 bits per heavy atom. The van der Waals surface area contributed by atoms with E-state index in [0.29, 0.717) is 12.8 Å². The van der Waals surface area contributed by atoms with E-state index in [0.717, 1.165) is 51.4 Å². The highest BCUT2D eigenvalue weighted by atomic mass is 16.7. The molecule has 0 radical (unpaired) electrons. The molecule has 1 amide bonds. The van der Waals surface area contributed by atoms with Gasteiger partial charge in [-0.1, -0.05) is 155 Å². The number of aliphatic hydroxyl groups is 6. The van der Waals surface area contributed by atoms with E-state index < -0.39 is 61.5 Å². The fourth-order valence-electron chi connectivity index (χ4n) is 6.28. The minimum Gasteiger partial charge on any atom is -0.394 e. The first-order valence-corrected chi connectivity index (χ1v) is 19.3. The first-order valence-electron chi connectivity index (χ1n) is 19.3. The molecule has 0 aromatic heterocycles. The third-order valence-corrected chi connectivity index (χ3v) is 9.57. The van der Waals surface area contributed by atoms with Gasteiger partial charge in [0.15, 0.2) is 6.29 Å². The summed E-state index contributed by atoms with van der Waals surface area (Å²) in [5.41, 5.74) is 0. The SMILES string of the molecule is CCCCCCCCCCCCCCCC(O)C(COC1OC(CO)C(O)C(O)C1O)NC(=O)C(O)CCCCCCCCCCC. The number of carbonyl (C=O) groups excluding carboxylic acids is 1. The summed E-state index contributed by atoms with van der Waals surface area (Å²) in [6.45, 7) is 3.61. The average Bonchev–Trinajstić information content (AvgIpc) is 3.07. The summed E-state index contributed by atoms with van der Waals surface area (Å²) >= 11 is 0. The molecule has 1 aliphatic rings. The number of aliphatic hydroxyl groups excluding tert-OH is 6. The Morgan fingerprint density at radius 1 is 0.638 bits per heavy atom. The maximum atomic E-state index is 12.9. The summed E-state index contributed by atoms with van der Waals surface area (Å²) in [5, 5.41) is 64.3. The Balaban J connectivity index is 2.49. The molecular formula is C37H73NO9. The lowest BCUT2D eigenvalue weighted by atomic mass is 9.99. The van der Waals surface area contributed by atoms with Crippen molar-refractivity contribution >= 4 is 5.91 Å². The third kappa shape index (κ3) is 20.4. The van der Waals surface area contributed by atoms with Gasteiger partial charge in [0, 0.05) is 0 Å². The van der Waals surface area contributed by atoms with Crippen LogP contribution in [0.15, 0.2) is 0 Å². The first kappa shape index (κ1) is 44.2. The van der Waals surface area contributed by atoms with Crippen molar-refractivity contribution in [1.29, 1.82) is 0 Å². The van der Waals surface area contributed by atoms with Crippen LogP contribution in [-0.2, 0) is 14.3 Å². The van der Waals surface area contributed by atoms with Crippen LogP contribution in [0.25, 0.3) is 0 Å². The van der Waals surface area contributed by atoms with Crippen LogP contribution >= 0.6 is 0 Å². The minimum atomic E-state index is -1.59. The highest BCUT2D eigenvalue weighted by Gasteiger charge is 2.44. The molecule has 1 rings (SSSR count). The molecule has 1 aliphatic heterocycles. The number of ether oxygens (including phenoxy) is 2. The summed E-state index contributed by atoms with van der Waals surface area (Å²) < 4.78 is 11.1. The molecule has 0 aromatic carbocycles. The molecule has 10 heteroatoms. The standard InChI is InChI=1S/C37H73NO9/c1-3-5-7-9-11-13-14-15-16-18-19-21-23-25-30(40)29(28-46-37-35(44)34(43)33(42)32(27-39)47-37)38-36(45)31(41)26-24-22-20-17-12-10-8-6-4-2/h29-35,37,39-44H,3-28H2,1-2H3,(H,38,45). The molecule has 8 atom stereocenters. The van der Waals surface area contributed by atoms with Gasteiger partial charge in [0.1, 0.15) is 30.5 Å². The number of hydrogen-bond acceptors (Lipinski definition) is 9. The molecule has 0 aromatic rings. The van der Waals surface area contributed by atoms with Crippen LogP contribution in [0.1, 0.15) is 168 Å². The molecule has 1 saturated heterocycles. The lowest BCUT2D eigenvalue weighted by Crippen LogP contribution is -2.60. The molecule has 280 valence electrons. The number of rotatable bonds is 31. The number of carbonyl (C=O) groups is 1. The van der Waals surface area contributed by atoms with Gasteiger partial charge in [-0.2, -0.15) is 0 Å². The van der Waals surface area contributed by atoms with Crippen LogP contribution in [0.5, 0.6) is 0 Å². The van der Waals surface area contributed by atoms with E-state index in [-0.39, 0.29) is 6.61 Å². The van der Waals surface area contributed by atoms with Gasteiger partial charge in [-0.05, 0) is 12.8 Å². The maximum Gasteiger partial charge on any atom is 0.249 e. The van der Waals surface area contributed by atoms with E-state index in [1.807, 2.05) is 0 Å². The molecule has 8 unspecified atom stereocenters. The number of nitrogens with one attached hydrogen (secondary N) is 1. The second-order valence-corrected chi connectivity index (χ2v) is 13.9. The zero-order valence-electron chi connectivity index (χ0n) is 29.9. The van der Waals surface area contributed by atoms with E-state index in [4.69, 9.17) is 9.47 Å².